The van der Waals surface area contributed by atoms with Crippen LogP contribution in [-0.4, -0.2) is 22.0 Å². The molecule has 0 amide bonds. The molecule has 2 rings (SSSR count). The van der Waals surface area contributed by atoms with E-state index in [-0.39, 0.29) is 0 Å². The maximum absolute atomic E-state index is 4.58. The third-order valence-electron chi connectivity index (χ3n) is 2.93. The van der Waals surface area contributed by atoms with Crippen LogP contribution in [0.4, 0.5) is 0 Å². The molecular formula is C14H18N4. The average Bonchev–Trinajstić information content (AvgIpc) is 2.35. The quantitative estimate of drug-likeness (QED) is 0.888. The Kier molecular flexibility index (Phi) is 3.99. The van der Waals surface area contributed by atoms with E-state index in [4.69, 9.17) is 0 Å². The maximum Gasteiger partial charge on any atom is 0.133 e. The first kappa shape index (κ1) is 12.6. The molecule has 0 spiro atoms. The van der Waals surface area contributed by atoms with Crippen molar-refractivity contribution in [2.45, 2.75) is 26.8 Å². The van der Waals surface area contributed by atoms with E-state index in [1.165, 1.54) is 11.1 Å². The normalized spacial score (nSPS) is 10.6. The van der Waals surface area contributed by atoms with Crippen molar-refractivity contribution in [2.75, 3.05) is 7.05 Å². The van der Waals surface area contributed by atoms with E-state index in [1.807, 2.05) is 33.0 Å². The molecule has 4 heteroatoms. The Bertz CT molecular complexity index is 500. The van der Waals surface area contributed by atoms with Gasteiger partial charge in [0.25, 0.3) is 0 Å². The highest BCUT2D eigenvalue weighted by Gasteiger charge is 2.08. The summed E-state index contributed by atoms with van der Waals surface area (Å²) in [6.07, 6.45) is 4.35. The number of pyridine rings is 1. The molecule has 0 saturated heterocycles. The van der Waals surface area contributed by atoms with Gasteiger partial charge in [-0.05, 0) is 38.6 Å². The van der Waals surface area contributed by atoms with Gasteiger partial charge in [0.05, 0.1) is 0 Å². The third kappa shape index (κ3) is 2.90. The summed E-state index contributed by atoms with van der Waals surface area (Å²) in [6, 6.07) is 3.99. The van der Waals surface area contributed by atoms with E-state index in [9.17, 15) is 0 Å². The van der Waals surface area contributed by atoms with Gasteiger partial charge >= 0.3 is 0 Å². The molecule has 0 aromatic carbocycles. The lowest BCUT2D eigenvalue weighted by Crippen LogP contribution is -2.12. The Labute approximate surface area is 108 Å². The van der Waals surface area contributed by atoms with Crippen molar-refractivity contribution in [3.63, 3.8) is 0 Å². The highest BCUT2D eigenvalue weighted by molar-refractivity contribution is 5.26. The minimum absolute atomic E-state index is 0.754. The van der Waals surface area contributed by atoms with Crippen LogP contribution in [0.15, 0.2) is 24.5 Å². The first-order chi connectivity index (χ1) is 8.70. The summed E-state index contributed by atoms with van der Waals surface area (Å²) >= 11 is 0. The first-order valence-electron chi connectivity index (χ1n) is 6.07. The first-order valence-corrected chi connectivity index (χ1v) is 6.07. The SMILES string of the molecule is CNCc1c(C)nc(Cc2ccncc2)nc1C. The van der Waals surface area contributed by atoms with E-state index in [2.05, 4.69) is 20.3 Å². The van der Waals surface area contributed by atoms with Crippen LogP contribution in [0.3, 0.4) is 0 Å². The maximum atomic E-state index is 4.58. The molecule has 0 radical (unpaired) electrons. The highest BCUT2D eigenvalue weighted by Crippen LogP contribution is 2.12. The van der Waals surface area contributed by atoms with Crippen molar-refractivity contribution in [1.82, 2.24) is 20.3 Å². The Morgan fingerprint density at radius 1 is 1.06 bits per heavy atom. The van der Waals surface area contributed by atoms with Crippen molar-refractivity contribution in [1.29, 1.82) is 0 Å². The standard InChI is InChI=1S/C14H18N4/c1-10-13(9-15-3)11(2)18-14(17-10)8-12-4-6-16-7-5-12/h4-7,15H,8-9H2,1-3H3. The van der Waals surface area contributed by atoms with Crippen LogP contribution >= 0.6 is 0 Å². The molecule has 0 aliphatic heterocycles. The zero-order valence-electron chi connectivity index (χ0n) is 11.1. The molecular weight excluding hydrogens is 224 g/mol. The molecule has 0 fully saturated rings. The van der Waals surface area contributed by atoms with Gasteiger partial charge in [0, 0.05) is 42.3 Å². The molecule has 0 bridgehead atoms. The summed E-state index contributed by atoms with van der Waals surface area (Å²) in [7, 11) is 1.93. The Morgan fingerprint density at radius 2 is 1.67 bits per heavy atom. The van der Waals surface area contributed by atoms with Crippen LogP contribution in [-0.2, 0) is 13.0 Å². The predicted molar refractivity (Wildman–Crippen MR) is 71.3 cm³/mol. The number of rotatable bonds is 4. The molecule has 2 aromatic rings. The third-order valence-corrected chi connectivity index (χ3v) is 2.93. The molecule has 1 N–H and O–H groups in total. The van der Waals surface area contributed by atoms with Gasteiger partial charge in [0.1, 0.15) is 5.82 Å². The number of hydrogen-bond donors (Lipinski definition) is 1. The molecule has 4 nitrogen and oxygen atoms in total. The van der Waals surface area contributed by atoms with Crippen LogP contribution < -0.4 is 5.32 Å². The number of nitrogens with one attached hydrogen (secondary N) is 1. The van der Waals surface area contributed by atoms with E-state index in [0.717, 1.165) is 30.2 Å². The van der Waals surface area contributed by atoms with Crippen molar-refractivity contribution >= 4 is 0 Å². The number of nitrogens with zero attached hydrogens (tertiary/aromatic N) is 3. The minimum Gasteiger partial charge on any atom is -0.316 e. The molecule has 0 aliphatic carbocycles. The monoisotopic (exact) mass is 242 g/mol. The molecule has 94 valence electrons. The van der Waals surface area contributed by atoms with Crippen LogP contribution in [0.2, 0.25) is 0 Å². The molecule has 0 saturated carbocycles. The molecule has 2 aromatic heterocycles. The van der Waals surface area contributed by atoms with Gasteiger partial charge in [-0.25, -0.2) is 9.97 Å². The fourth-order valence-corrected chi connectivity index (χ4v) is 2.00. The van der Waals surface area contributed by atoms with Gasteiger partial charge in [-0.2, -0.15) is 0 Å². The lowest BCUT2D eigenvalue weighted by atomic mass is 10.1. The van der Waals surface area contributed by atoms with Crippen molar-refractivity contribution in [3.05, 3.63) is 52.9 Å². The summed E-state index contributed by atoms with van der Waals surface area (Å²) in [4.78, 5) is 13.2. The second-order valence-corrected chi connectivity index (χ2v) is 4.35. The van der Waals surface area contributed by atoms with Gasteiger partial charge in [-0.3, -0.25) is 4.98 Å². The van der Waals surface area contributed by atoms with Gasteiger partial charge in [-0.1, -0.05) is 0 Å². The molecule has 0 unspecified atom stereocenters. The molecule has 2 heterocycles. The summed E-state index contributed by atoms with van der Waals surface area (Å²) in [5.41, 5.74) is 4.49. The Balaban J connectivity index is 2.25. The molecule has 18 heavy (non-hydrogen) atoms. The molecule has 0 aliphatic rings. The van der Waals surface area contributed by atoms with Gasteiger partial charge < -0.3 is 5.32 Å². The van der Waals surface area contributed by atoms with Gasteiger partial charge in [0.2, 0.25) is 0 Å². The number of aryl methyl sites for hydroxylation is 2. The smallest absolute Gasteiger partial charge is 0.133 e. The van der Waals surface area contributed by atoms with Crippen LogP contribution in [0.1, 0.15) is 28.3 Å². The number of hydrogen-bond acceptors (Lipinski definition) is 4. The van der Waals surface area contributed by atoms with Crippen molar-refractivity contribution < 1.29 is 0 Å². The molecule has 0 atom stereocenters. The largest absolute Gasteiger partial charge is 0.316 e. The minimum atomic E-state index is 0.754. The van der Waals surface area contributed by atoms with E-state index in [0.29, 0.717) is 0 Å². The van der Waals surface area contributed by atoms with Crippen LogP contribution in [0, 0.1) is 13.8 Å². The summed E-state index contributed by atoms with van der Waals surface area (Å²) in [5, 5.41) is 3.15. The Morgan fingerprint density at radius 3 is 2.22 bits per heavy atom. The second kappa shape index (κ2) is 5.69. The predicted octanol–water partition coefficient (Wildman–Crippen LogP) is 1.80. The highest BCUT2D eigenvalue weighted by atomic mass is 14.9. The fourth-order valence-electron chi connectivity index (χ4n) is 2.00. The summed E-state index contributed by atoms with van der Waals surface area (Å²) in [5.74, 6) is 0.871. The van der Waals surface area contributed by atoms with E-state index >= 15 is 0 Å². The van der Waals surface area contributed by atoms with Crippen LogP contribution in [0.25, 0.3) is 0 Å². The van der Waals surface area contributed by atoms with E-state index < -0.39 is 0 Å². The zero-order chi connectivity index (χ0) is 13.0. The number of aromatic nitrogens is 3. The Hall–Kier alpha value is -1.81. The second-order valence-electron chi connectivity index (χ2n) is 4.35. The lowest BCUT2D eigenvalue weighted by Gasteiger charge is -2.10. The van der Waals surface area contributed by atoms with Gasteiger partial charge in [-0.15, -0.1) is 0 Å². The van der Waals surface area contributed by atoms with Crippen molar-refractivity contribution in [3.8, 4) is 0 Å². The lowest BCUT2D eigenvalue weighted by molar-refractivity contribution is 0.773. The van der Waals surface area contributed by atoms with Crippen molar-refractivity contribution in [2.24, 2.45) is 0 Å². The topological polar surface area (TPSA) is 50.7 Å². The fraction of sp³-hybridized carbons (Fsp3) is 0.357. The van der Waals surface area contributed by atoms with Crippen LogP contribution in [0.5, 0.6) is 0 Å². The summed E-state index contributed by atoms with van der Waals surface area (Å²) < 4.78 is 0. The summed E-state index contributed by atoms with van der Waals surface area (Å²) in [6.45, 7) is 4.89. The zero-order valence-corrected chi connectivity index (χ0v) is 11.1. The average molecular weight is 242 g/mol. The van der Waals surface area contributed by atoms with Gasteiger partial charge in [0.15, 0.2) is 0 Å². The van der Waals surface area contributed by atoms with E-state index in [1.54, 1.807) is 12.4 Å².